The van der Waals surface area contributed by atoms with E-state index in [0.29, 0.717) is 11.4 Å². The molecule has 0 amide bonds. The van der Waals surface area contributed by atoms with Crippen LogP contribution in [0.1, 0.15) is 15.2 Å². The highest BCUT2D eigenvalue weighted by molar-refractivity contribution is 7.21. The van der Waals surface area contributed by atoms with Gasteiger partial charge in [0.2, 0.25) is 0 Å². The number of carboxylic acids is 1. The lowest BCUT2D eigenvalue weighted by Crippen LogP contribution is -2.26. The quantitative estimate of drug-likeness (QED) is 0.796. The molecule has 0 saturated carbocycles. The van der Waals surface area contributed by atoms with Crippen molar-refractivity contribution in [3.8, 4) is 0 Å². The van der Waals surface area contributed by atoms with Crippen LogP contribution in [0.4, 0.5) is 0 Å². The van der Waals surface area contributed by atoms with E-state index < -0.39 is 5.97 Å². The Morgan fingerprint density at radius 2 is 2.11 bits per heavy atom. The Labute approximate surface area is 116 Å². The number of likely N-dealkylation sites (N-methyl/N-ethyl adjacent to an activating group) is 1. The van der Waals surface area contributed by atoms with E-state index >= 15 is 0 Å². The minimum absolute atomic E-state index is 0.443. The maximum Gasteiger partial charge on any atom is 0.346 e. The molecule has 0 spiro atoms. The number of carboxylic acid groups (broad SMARTS) is 1. The van der Waals surface area contributed by atoms with Crippen LogP contribution < -0.4 is 5.32 Å². The summed E-state index contributed by atoms with van der Waals surface area (Å²) in [7, 11) is 4.04. The molecule has 1 aromatic heterocycles. The molecule has 0 aliphatic heterocycles. The molecule has 4 nitrogen and oxygen atoms in total. The van der Waals surface area contributed by atoms with Crippen LogP contribution in [-0.2, 0) is 6.54 Å². The van der Waals surface area contributed by atoms with Gasteiger partial charge >= 0.3 is 5.97 Å². The van der Waals surface area contributed by atoms with Gasteiger partial charge in [0.05, 0.1) is 0 Å². The van der Waals surface area contributed by atoms with Gasteiger partial charge in [0, 0.05) is 24.3 Å². The second-order valence-corrected chi connectivity index (χ2v) is 5.74. The Balaban J connectivity index is 2.19. The van der Waals surface area contributed by atoms with E-state index in [1.165, 1.54) is 11.3 Å². The Kier molecular flexibility index (Phi) is 4.52. The van der Waals surface area contributed by atoms with E-state index in [-0.39, 0.29) is 0 Å². The monoisotopic (exact) mass is 278 g/mol. The number of hydrogen-bond acceptors (Lipinski definition) is 4. The first-order valence-electron chi connectivity index (χ1n) is 6.18. The maximum atomic E-state index is 11.3. The van der Waals surface area contributed by atoms with Gasteiger partial charge in [0.1, 0.15) is 4.88 Å². The Morgan fingerprint density at radius 3 is 2.79 bits per heavy atom. The largest absolute Gasteiger partial charge is 0.477 e. The lowest BCUT2D eigenvalue weighted by Gasteiger charge is -2.10. The van der Waals surface area contributed by atoms with E-state index in [1.54, 1.807) is 0 Å². The lowest BCUT2D eigenvalue weighted by atomic mass is 10.1. The maximum absolute atomic E-state index is 11.3. The number of fused-ring (bicyclic) bond motifs is 1. The molecule has 2 N–H and O–H groups in total. The predicted octanol–water partition coefficient (Wildman–Crippen LogP) is 2.25. The second kappa shape index (κ2) is 6.14. The van der Waals surface area contributed by atoms with Gasteiger partial charge in [-0.25, -0.2) is 4.79 Å². The molecule has 0 fully saturated rings. The number of rotatable bonds is 6. The molecule has 5 heteroatoms. The number of nitrogens with one attached hydrogen (secondary N) is 1. The molecule has 2 rings (SSSR count). The Bertz CT molecular complexity index is 578. The number of aromatic carboxylic acids is 1. The minimum atomic E-state index is -0.842. The highest BCUT2D eigenvalue weighted by atomic mass is 32.1. The van der Waals surface area contributed by atoms with Crippen molar-refractivity contribution >= 4 is 27.4 Å². The van der Waals surface area contributed by atoms with E-state index in [2.05, 4.69) is 10.2 Å². The molecular formula is C14H18N2O2S. The number of hydrogen-bond donors (Lipinski definition) is 2. The van der Waals surface area contributed by atoms with Crippen LogP contribution in [0.2, 0.25) is 0 Å². The number of nitrogens with zero attached hydrogens (tertiary/aromatic N) is 1. The van der Waals surface area contributed by atoms with Crippen molar-refractivity contribution in [1.29, 1.82) is 0 Å². The van der Waals surface area contributed by atoms with Crippen LogP contribution >= 0.6 is 11.3 Å². The van der Waals surface area contributed by atoms with Gasteiger partial charge < -0.3 is 15.3 Å². The van der Waals surface area contributed by atoms with Crippen molar-refractivity contribution in [2.45, 2.75) is 6.54 Å². The summed E-state index contributed by atoms with van der Waals surface area (Å²) in [6, 6.07) is 7.84. The molecule has 0 saturated heterocycles. The van der Waals surface area contributed by atoms with Crippen LogP contribution in [0.25, 0.3) is 10.1 Å². The topological polar surface area (TPSA) is 52.6 Å². The zero-order chi connectivity index (χ0) is 13.8. The summed E-state index contributed by atoms with van der Waals surface area (Å²) in [5, 5.41) is 13.6. The van der Waals surface area contributed by atoms with Crippen molar-refractivity contribution < 1.29 is 9.90 Å². The van der Waals surface area contributed by atoms with Crippen LogP contribution in [0.15, 0.2) is 24.3 Å². The highest BCUT2D eigenvalue weighted by Crippen LogP contribution is 2.31. The molecule has 0 aliphatic rings. The second-order valence-electron chi connectivity index (χ2n) is 4.69. The molecule has 0 bridgehead atoms. The smallest absolute Gasteiger partial charge is 0.346 e. The number of carbonyl (C=O) groups is 1. The molecule has 102 valence electrons. The standard InChI is InChI=1S/C14H18N2O2S/c1-16(2)8-7-15-9-11-10-5-3-4-6-12(10)19-13(11)14(17)18/h3-6,15H,7-9H2,1-2H3,(H,17,18). The molecule has 2 aromatic rings. The van der Waals surface area contributed by atoms with Crippen molar-refractivity contribution in [3.63, 3.8) is 0 Å². The molecule has 0 unspecified atom stereocenters. The van der Waals surface area contributed by atoms with Gasteiger partial charge in [-0.15, -0.1) is 11.3 Å². The van der Waals surface area contributed by atoms with Crippen molar-refractivity contribution in [2.75, 3.05) is 27.2 Å². The van der Waals surface area contributed by atoms with Gasteiger partial charge in [-0.05, 0) is 31.1 Å². The average molecular weight is 278 g/mol. The Morgan fingerprint density at radius 1 is 1.37 bits per heavy atom. The Hall–Kier alpha value is -1.43. The average Bonchev–Trinajstić information content (AvgIpc) is 2.73. The number of thiophene rings is 1. The third kappa shape index (κ3) is 3.32. The van der Waals surface area contributed by atoms with Crippen molar-refractivity contribution in [1.82, 2.24) is 10.2 Å². The van der Waals surface area contributed by atoms with Gasteiger partial charge in [0.15, 0.2) is 0 Å². The van der Waals surface area contributed by atoms with E-state index in [0.717, 1.165) is 28.7 Å². The summed E-state index contributed by atoms with van der Waals surface area (Å²) in [6.45, 7) is 2.38. The number of benzene rings is 1. The summed E-state index contributed by atoms with van der Waals surface area (Å²) in [5.41, 5.74) is 0.895. The molecule has 0 atom stereocenters. The van der Waals surface area contributed by atoms with Gasteiger partial charge in [-0.1, -0.05) is 18.2 Å². The van der Waals surface area contributed by atoms with Crippen LogP contribution in [0.5, 0.6) is 0 Å². The summed E-state index contributed by atoms with van der Waals surface area (Å²) in [5.74, 6) is -0.842. The van der Waals surface area contributed by atoms with Crippen LogP contribution in [0.3, 0.4) is 0 Å². The summed E-state index contributed by atoms with van der Waals surface area (Å²) < 4.78 is 1.03. The fraction of sp³-hybridized carbons (Fsp3) is 0.357. The first-order chi connectivity index (χ1) is 9.09. The zero-order valence-corrected chi connectivity index (χ0v) is 12.0. The van der Waals surface area contributed by atoms with E-state index in [1.807, 2.05) is 38.4 Å². The fourth-order valence-electron chi connectivity index (χ4n) is 1.96. The molecule has 19 heavy (non-hydrogen) atoms. The molecule has 1 aromatic carbocycles. The van der Waals surface area contributed by atoms with E-state index in [9.17, 15) is 9.90 Å². The summed E-state index contributed by atoms with van der Waals surface area (Å²) in [6.07, 6.45) is 0. The first kappa shape index (κ1) is 14.0. The van der Waals surface area contributed by atoms with Crippen LogP contribution in [-0.4, -0.2) is 43.2 Å². The van der Waals surface area contributed by atoms with Crippen molar-refractivity contribution in [3.05, 3.63) is 34.7 Å². The fourth-order valence-corrected chi connectivity index (χ4v) is 3.02. The van der Waals surface area contributed by atoms with Gasteiger partial charge in [0.25, 0.3) is 0 Å². The SMILES string of the molecule is CN(C)CCNCc1c(C(=O)O)sc2ccccc12. The minimum Gasteiger partial charge on any atom is -0.477 e. The van der Waals surface area contributed by atoms with Gasteiger partial charge in [-0.2, -0.15) is 0 Å². The molecule has 0 aliphatic carbocycles. The highest BCUT2D eigenvalue weighted by Gasteiger charge is 2.16. The van der Waals surface area contributed by atoms with Crippen LogP contribution in [0, 0.1) is 0 Å². The third-order valence-corrected chi connectivity index (χ3v) is 4.13. The lowest BCUT2D eigenvalue weighted by molar-refractivity contribution is 0.0701. The zero-order valence-electron chi connectivity index (χ0n) is 11.1. The van der Waals surface area contributed by atoms with Crippen molar-refractivity contribution in [2.24, 2.45) is 0 Å². The molecular weight excluding hydrogens is 260 g/mol. The molecule has 1 heterocycles. The first-order valence-corrected chi connectivity index (χ1v) is 7.00. The normalized spacial score (nSPS) is 11.3. The van der Waals surface area contributed by atoms with E-state index in [4.69, 9.17) is 0 Å². The van der Waals surface area contributed by atoms with Gasteiger partial charge in [-0.3, -0.25) is 0 Å². The predicted molar refractivity (Wildman–Crippen MR) is 79.0 cm³/mol. The summed E-state index contributed by atoms with van der Waals surface area (Å²) in [4.78, 5) is 13.8. The summed E-state index contributed by atoms with van der Waals surface area (Å²) >= 11 is 1.35. The molecule has 0 radical (unpaired) electrons. The third-order valence-electron chi connectivity index (χ3n) is 2.93.